The maximum absolute atomic E-state index is 5.39. The molecule has 9 aromatic rings. The van der Waals surface area contributed by atoms with Crippen LogP contribution in [0.15, 0.2) is 139 Å². The van der Waals surface area contributed by atoms with Crippen molar-refractivity contribution >= 4 is 56.0 Å². The van der Waals surface area contributed by atoms with E-state index >= 15 is 0 Å². The van der Waals surface area contributed by atoms with E-state index in [1.165, 1.54) is 0 Å². The molecule has 3 unspecified atom stereocenters. The third-order valence-corrected chi connectivity index (χ3v) is 11.5. The quantitative estimate of drug-likeness (QED) is 0.158. The van der Waals surface area contributed by atoms with E-state index in [1.807, 2.05) is 60.5 Å². The van der Waals surface area contributed by atoms with Gasteiger partial charge >= 0.3 is 0 Å². The highest BCUT2D eigenvalue weighted by Gasteiger charge is 2.76. The first-order valence-electron chi connectivity index (χ1n) is 16.0. The molecule has 50 heavy (non-hydrogen) atoms. The first-order valence-corrected chi connectivity index (χ1v) is 17.8. The Bertz CT molecular complexity index is 2530. The molecular formula is C37H27N11S2. The predicted octanol–water partition coefficient (Wildman–Crippen LogP) is 7.38. The van der Waals surface area contributed by atoms with Crippen LogP contribution in [0.25, 0.3) is 21.7 Å². The highest BCUT2D eigenvalue weighted by Crippen LogP contribution is 2.68. The Balaban J connectivity index is 1.50. The molecule has 13 heteroatoms. The highest BCUT2D eigenvalue weighted by atomic mass is 32.1. The predicted molar refractivity (Wildman–Crippen MR) is 195 cm³/mol. The van der Waals surface area contributed by atoms with Crippen molar-refractivity contribution in [3.05, 3.63) is 166 Å². The Hall–Kier alpha value is -6.18. The van der Waals surface area contributed by atoms with Gasteiger partial charge in [0.1, 0.15) is 33.9 Å². The number of thiophene rings is 1. The average Bonchev–Trinajstić information content (AvgIpc) is 4.01. The van der Waals surface area contributed by atoms with E-state index in [9.17, 15) is 0 Å². The number of nitrogens with zero attached hydrogens (tertiary/aromatic N) is 8. The van der Waals surface area contributed by atoms with E-state index in [2.05, 4.69) is 96.2 Å². The summed E-state index contributed by atoms with van der Waals surface area (Å²) in [6.07, 6.45) is 11.1. The van der Waals surface area contributed by atoms with E-state index in [-0.39, 0.29) is 0 Å². The van der Waals surface area contributed by atoms with Crippen LogP contribution in [0.2, 0.25) is 0 Å². The Kier molecular flexibility index (Phi) is 6.44. The fraction of sp³-hybridized carbons (Fsp3) is 0.0811. The van der Waals surface area contributed by atoms with E-state index in [1.54, 1.807) is 35.1 Å². The zero-order chi connectivity index (χ0) is 33.1. The van der Waals surface area contributed by atoms with Gasteiger partial charge in [0.25, 0.3) is 0 Å². The number of hydrazine groups is 1. The minimum atomic E-state index is -1.18. The van der Waals surface area contributed by atoms with Crippen LogP contribution in [0.1, 0.15) is 33.1 Å². The van der Waals surface area contributed by atoms with Gasteiger partial charge in [0.15, 0.2) is 5.54 Å². The van der Waals surface area contributed by atoms with Gasteiger partial charge in [-0.25, -0.2) is 15.0 Å². The molecule has 0 aliphatic carbocycles. The first kappa shape index (κ1) is 28.8. The first-order chi connectivity index (χ1) is 24.8. The summed E-state index contributed by atoms with van der Waals surface area (Å²) in [7, 11) is 0. The zero-order valence-electron chi connectivity index (χ0n) is 26.3. The summed E-state index contributed by atoms with van der Waals surface area (Å²) in [5, 5.41) is 30.4. The van der Waals surface area contributed by atoms with E-state index in [0.29, 0.717) is 5.82 Å². The van der Waals surface area contributed by atoms with Crippen molar-refractivity contribution < 1.29 is 0 Å². The molecule has 242 valence electrons. The average molecular weight is 690 g/mol. The minimum absolute atomic E-state index is 0.582. The SMILES string of the molecule is c1c[nH]c(N2N(c3ccn[nH]3)C(c3ncc[nH]3)C(c3nccs3)(c3nccc4ccccc34)C2(c2cc3ccccc3nn2)c2cccs2)c1. The topological polar surface area (TPSA) is 131 Å². The number of fused-ring (bicyclic) bond motifs is 2. The number of imidazole rings is 1. The largest absolute Gasteiger partial charge is 0.347 e. The number of benzene rings is 2. The van der Waals surface area contributed by atoms with Gasteiger partial charge in [-0.2, -0.15) is 15.3 Å². The summed E-state index contributed by atoms with van der Waals surface area (Å²) in [4.78, 5) is 23.8. The van der Waals surface area contributed by atoms with Crippen molar-refractivity contribution in [1.29, 1.82) is 0 Å². The fourth-order valence-electron chi connectivity index (χ4n) is 7.85. The number of aromatic amines is 3. The highest BCUT2D eigenvalue weighted by molar-refractivity contribution is 7.10. The molecule has 1 saturated heterocycles. The minimum Gasteiger partial charge on any atom is -0.347 e. The van der Waals surface area contributed by atoms with E-state index in [0.717, 1.165) is 54.6 Å². The summed E-state index contributed by atoms with van der Waals surface area (Å²) in [6, 6.07) is 30.5. The van der Waals surface area contributed by atoms with Gasteiger partial charge in [-0.1, -0.05) is 48.5 Å². The van der Waals surface area contributed by atoms with Crippen molar-refractivity contribution in [2.75, 3.05) is 10.0 Å². The molecule has 2 aromatic carbocycles. The molecule has 8 heterocycles. The van der Waals surface area contributed by atoms with Gasteiger partial charge in [-0.15, -0.1) is 22.7 Å². The normalized spacial score (nSPS) is 20.7. The summed E-state index contributed by atoms with van der Waals surface area (Å²) in [5.74, 6) is 2.28. The van der Waals surface area contributed by atoms with E-state index < -0.39 is 17.0 Å². The van der Waals surface area contributed by atoms with Crippen LogP contribution in [0.5, 0.6) is 0 Å². The number of H-pyrrole nitrogens is 3. The third-order valence-electron chi connectivity index (χ3n) is 9.64. The zero-order valence-corrected chi connectivity index (χ0v) is 27.9. The van der Waals surface area contributed by atoms with Crippen molar-refractivity contribution in [2.24, 2.45) is 0 Å². The number of rotatable bonds is 7. The second-order valence-corrected chi connectivity index (χ2v) is 13.9. The molecule has 0 bridgehead atoms. The number of aromatic nitrogens is 9. The van der Waals surface area contributed by atoms with Crippen LogP contribution >= 0.6 is 22.7 Å². The third kappa shape index (κ3) is 3.83. The van der Waals surface area contributed by atoms with Gasteiger partial charge in [-0.05, 0) is 47.2 Å². The Morgan fingerprint density at radius 2 is 1.60 bits per heavy atom. The van der Waals surface area contributed by atoms with Gasteiger partial charge in [0.05, 0.1) is 23.1 Å². The Labute approximate surface area is 293 Å². The molecule has 0 amide bonds. The molecule has 1 aliphatic rings. The lowest BCUT2D eigenvalue weighted by atomic mass is 9.60. The van der Waals surface area contributed by atoms with Gasteiger partial charge in [0, 0.05) is 58.1 Å². The number of pyridine rings is 1. The van der Waals surface area contributed by atoms with Crippen molar-refractivity contribution in [1.82, 2.24) is 45.3 Å². The second kappa shape index (κ2) is 11.2. The monoisotopic (exact) mass is 689 g/mol. The van der Waals surface area contributed by atoms with Gasteiger partial charge < -0.3 is 9.97 Å². The molecule has 1 aliphatic heterocycles. The maximum atomic E-state index is 5.39. The van der Waals surface area contributed by atoms with Crippen LogP contribution < -0.4 is 10.0 Å². The van der Waals surface area contributed by atoms with Crippen LogP contribution in [0.3, 0.4) is 0 Å². The van der Waals surface area contributed by atoms with Crippen LogP contribution in [-0.4, -0.2) is 45.3 Å². The molecular weight excluding hydrogens is 663 g/mol. The van der Waals surface area contributed by atoms with Crippen LogP contribution in [-0.2, 0) is 11.0 Å². The van der Waals surface area contributed by atoms with Crippen molar-refractivity contribution in [2.45, 2.75) is 17.0 Å². The molecule has 0 radical (unpaired) electrons. The lowest BCUT2D eigenvalue weighted by Gasteiger charge is -2.47. The van der Waals surface area contributed by atoms with E-state index in [4.69, 9.17) is 25.1 Å². The van der Waals surface area contributed by atoms with Crippen molar-refractivity contribution in [3.8, 4) is 0 Å². The van der Waals surface area contributed by atoms with Crippen molar-refractivity contribution in [3.63, 3.8) is 0 Å². The number of nitrogens with one attached hydrogen (secondary N) is 3. The smallest absolute Gasteiger partial charge is 0.161 e. The molecule has 0 spiro atoms. The lowest BCUT2D eigenvalue weighted by molar-refractivity contribution is 0.318. The standard InChI is InChI=1S/C37H27N11S2/c1-3-9-26-24(7-1)13-16-39-32(26)36(35-42-20-22-50-35)33(34-40-18-19-41-34)47(31-14-17-43-46-31)48(30-12-5-15-38-30)37(36,29-11-6-21-49-29)28-23-25-8-2-4-10-27(25)44-45-28/h1-23,33,38H,(H,40,41)(H,43,46). The summed E-state index contributed by atoms with van der Waals surface area (Å²) < 4.78 is 0. The number of anilines is 2. The molecule has 1 fully saturated rings. The molecule has 3 N–H and O–H groups in total. The summed E-state index contributed by atoms with van der Waals surface area (Å²) in [5.41, 5.74) is 0.0300. The Morgan fingerprint density at radius 3 is 2.38 bits per heavy atom. The summed E-state index contributed by atoms with van der Waals surface area (Å²) >= 11 is 3.26. The fourth-order valence-corrected chi connectivity index (χ4v) is 9.75. The molecule has 0 saturated carbocycles. The summed E-state index contributed by atoms with van der Waals surface area (Å²) in [6.45, 7) is 0. The lowest BCUT2D eigenvalue weighted by Crippen LogP contribution is -2.58. The molecule has 7 aromatic heterocycles. The molecule has 3 atom stereocenters. The van der Waals surface area contributed by atoms with Gasteiger partial charge in [0.2, 0.25) is 0 Å². The van der Waals surface area contributed by atoms with Crippen LogP contribution in [0.4, 0.5) is 11.6 Å². The van der Waals surface area contributed by atoms with Crippen LogP contribution in [0, 0.1) is 0 Å². The number of thiazole rings is 1. The second-order valence-electron chi connectivity index (χ2n) is 12.0. The maximum Gasteiger partial charge on any atom is 0.161 e. The molecule has 10 rings (SSSR count). The van der Waals surface area contributed by atoms with Gasteiger partial charge in [-0.3, -0.25) is 15.1 Å². The molecule has 11 nitrogen and oxygen atoms in total. The number of hydrogen-bond donors (Lipinski definition) is 3. The Morgan fingerprint density at radius 1 is 0.680 bits per heavy atom. The number of hydrogen-bond acceptors (Lipinski definition) is 10.